The molecule has 5 rings (SSSR count). The second-order valence-electron chi connectivity index (χ2n) is 8.04. The topological polar surface area (TPSA) is 103 Å². The third-order valence-electron chi connectivity index (χ3n) is 6.03. The van der Waals surface area contributed by atoms with E-state index in [4.69, 9.17) is 26.1 Å². The molecule has 1 aliphatic heterocycles. The first-order chi connectivity index (χ1) is 17.5. The van der Waals surface area contributed by atoms with Crippen molar-refractivity contribution >= 4 is 28.7 Å². The van der Waals surface area contributed by atoms with Crippen molar-refractivity contribution in [3.63, 3.8) is 0 Å². The Balaban J connectivity index is 1.58. The van der Waals surface area contributed by atoms with Gasteiger partial charge in [0.05, 0.1) is 42.5 Å². The van der Waals surface area contributed by atoms with Gasteiger partial charge in [-0.05, 0) is 66.8 Å². The molecule has 0 radical (unpaired) electrons. The molecule has 2 aromatic heterocycles. The molecule has 2 atom stereocenters. The summed E-state index contributed by atoms with van der Waals surface area (Å²) in [6.45, 7) is 0. The van der Waals surface area contributed by atoms with Crippen LogP contribution in [0.2, 0.25) is 0 Å². The number of nitrogens with zero attached hydrogens (tertiary/aromatic N) is 3. The number of nitro groups is 1. The molecule has 4 aromatic rings. The highest BCUT2D eigenvalue weighted by Gasteiger charge is 2.42. The molecule has 10 heteroatoms. The Morgan fingerprint density at radius 3 is 2.53 bits per heavy atom. The summed E-state index contributed by atoms with van der Waals surface area (Å²) >= 11 is 5.75. The van der Waals surface area contributed by atoms with E-state index in [2.05, 4.69) is 10.3 Å². The summed E-state index contributed by atoms with van der Waals surface area (Å²) in [5.74, 6) is 2.24. The smallest absolute Gasteiger partial charge is 0.273 e. The van der Waals surface area contributed by atoms with E-state index < -0.39 is 4.92 Å². The van der Waals surface area contributed by atoms with Crippen molar-refractivity contribution < 1.29 is 18.8 Å². The van der Waals surface area contributed by atoms with Gasteiger partial charge in [-0.1, -0.05) is 6.07 Å². The van der Waals surface area contributed by atoms with E-state index in [1.165, 1.54) is 19.2 Å². The van der Waals surface area contributed by atoms with Gasteiger partial charge in [0.1, 0.15) is 29.1 Å². The molecule has 9 nitrogen and oxygen atoms in total. The van der Waals surface area contributed by atoms with Crippen LogP contribution >= 0.6 is 12.2 Å². The van der Waals surface area contributed by atoms with Crippen LogP contribution in [-0.2, 0) is 0 Å². The number of rotatable bonds is 7. The maximum Gasteiger partial charge on any atom is 0.273 e. The third-order valence-corrected chi connectivity index (χ3v) is 6.34. The number of nitro benzene ring substituents is 1. The largest absolute Gasteiger partial charge is 0.497 e. The molecule has 0 saturated carbocycles. The van der Waals surface area contributed by atoms with Crippen LogP contribution in [0.15, 0.2) is 83.4 Å². The first-order valence-corrected chi connectivity index (χ1v) is 11.5. The lowest BCUT2D eigenvalue weighted by molar-refractivity contribution is -0.384. The molecule has 36 heavy (non-hydrogen) atoms. The summed E-state index contributed by atoms with van der Waals surface area (Å²) < 4.78 is 17.1. The molecule has 1 aliphatic rings. The van der Waals surface area contributed by atoms with Gasteiger partial charge in [-0.3, -0.25) is 15.1 Å². The van der Waals surface area contributed by atoms with Crippen LogP contribution in [0.5, 0.6) is 11.5 Å². The number of thiocarbonyl (C=S) groups is 1. The Bertz CT molecular complexity index is 1410. The lowest BCUT2D eigenvalue weighted by Crippen LogP contribution is -2.29. The number of anilines is 1. The van der Waals surface area contributed by atoms with E-state index >= 15 is 0 Å². The maximum atomic E-state index is 11.2. The Labute approximate surface area is 212 Å². The quantitative estimate of drug-likeness (QED) is 0.201. The van der Waals surface area contributed by atoms with Gasteiger partial charge in [0.25, 0.3) is 5.69 Å². The van der Waals surface area contributed by atoms with Crippen molar-refractivity contribution in [1.29, 1.82) is 0 Å². The Morgan fingerprint density at radius 1 is 1.06 bits per heavy atom. The van der Waals surface area contributed by atoms with Crippen LogP contribution in [0.4, 0.5) is 11.4 Å². The Hall–Kier alpha value is -4.44. The zero-order valence-electron chi connectivity index (χ0n) is 19.5. The van der Waals surface area contributed by atoms with E-state index in [1.54, 1.807) is 19.4 Å². The Morgan fingerprint density at radius 2 is 1.86 bits per heavy atom. The molecule has 1 N–H and O–H groups in total. The second kappa shape index (κ2) is 9.67. The van der Waals surface area contributed by atoms with E-state index in [0.717, 1.165) is 17.1 Å². The lowest BCUT2D eigenvalue weighted by atomic mass is 10.0. The fourth-order valence-electron chi connectivity index (χ4n) is 4.32. The normalized spacial score (nSPS) is 17.1. The molecule has 0 bridgehead atoms. The minimum absolute atomic E-state index is 0.0615. The van der Waals surface area contributed by atoms with Crippen molar-refractivity contribution in [2.45, 2.75) is 12.1 Å². The number of nitrogens with one attached hydrogen (secondary N) is 1. The van der Waals surface area contributed by atoms with Crippen LogP contribution < -0.4 is 19.7 Å². The average molecular weight is 503 g/mol. The van der Waals surface area contributed by atoms with Crippen LogP contribution in [0.25, 0.3) is 11.3 Å². The summed E-state index contributed by atoms with van der Waals surface area (Å²) in [5.41, 5.74) is 2.22. The predicted octanol–water partition coefficient (Wildman–Crippen LogP) is 5.44. The van der Waals surface area contributed by atoms with Crippen molar-refractivity contribution in [2.24, 2.45) is 0 Å². The summed E-state index contributed by atoms with van der Waals surface area (Å²) in [5, 5.41) is 15.1. The summed E-state index contributed by atoms with van der Waals surface area (Å²) in [6.07, 6.45) is 1.74. The van der Waals surface area contributed by atoms with Crippen molar-refractivity contribution in [3.05, 3.63) is 101 Å². The lowest BCUT2D eigenvalue weighted by Gasteiger charge is -2.26. The van der Waals surface area contributed by atoms with Gasteiger partial charge in [0.2, 0.25) is 0 Å². The van der Waals surface area contributed by atoms with Gasteiger partial charge < -0.3 is 24.1 Å². The highest BCUT2D eigenvalue weighted by atomic mass is 32.1. The monoisotopic (exact) mass is 502 g/mol. The number of benzene rings is 2. The summed E-state index contributed by atoms with van der Waals surface area (Å²) in [6, 6.07) is 20.8. The van der Waals surface area contributed by atoms with Gasteiger partial charge in [0, 0.05) is 18.0 Å². The fourth-order valence-corrected chi connectivity index (χ4v) is 4.66. The van der Waals surface area contributed by atoms with Crippen LogP contribution in [0.3, 0.4) is 0 Å². The molecule has 182 valence electrons. The standard InChI is InChI=1S/C26H22N4O5S/c1-33-18-9-6-16(7-10-18)29-25(24(28-26(29)36)20-5-3-4-14-27-20)22-13-12-21(35-22)19-11-8-17(30(31)32)15-23(19)34-2/h3-15,24-25H,1-2H3,(H,28,36). The second-order valence-corrected chi connectivity index (χ2v) is 8.43. The number of non-ortho nitro benzene ring substituents is 1. The highest BCUT2D eigenvalue weighted by molar-refractivity contribution is 7.80. The summed E-state index contributed by atoms with van der Waals surface area (Å²) in [7, 11) is 3.09. The van der Waals surface area contributed by atoms with Gasteiger partial charge in [-0.15, -0.1) is 0 Å². The van der Waals surface area contributed by atoms with Gasteiger partial charge in [-0.25, -0.2) is 0 Å². The molecule has 0 aliphatic carbocycles. The first kappa shape index (κ1) is 23.3. The van der Waals surface area contributed by atoms with E-state index in [9.17, 15) is 10.1 Å². The number of hydrogen-bond donors (Lipinski definition) is 1. The van der Waals surface area contributed by atoms with Gasteiger partial charge in [0.15, 0.2) is 5.11 Å². The minimum Gasteiger partial charge on any atom is -0.497 e. The molecular formula is C26H22N4O5S. The van der Waals surface area contributed by atoms with E-state index in [0.29, 0.717) is 27.9 Å². The van der Waals surface area contributed by atoms with Gasteiger partial charge >= 0.3 is 0 Å². The molecule has 2 unspecified atom stereocenters. The van der Waals surface area contributed by atoms with Crippen LogP contribution in [-0.4, -0.2) is 29.2 Å². The zero-order valence-corrected chi connectivity index (χ0v) is 20.3. The molecule has 0 spiro atoms. The first-order valence-electron chi connectivity index (χ1n) is 11.1. The number of methoxy groups -OCH3 is 2. The summed E-state index contributed by atoms with van der Waals surface area (Å²) in [4.78, 5) is 17.3. The number of hydrogen-bond acceptors (Lipinski definition) is 7. The SMILES string of the molecule is COc1ccc(N2C(=S)NC(c3ccccn3)C2c2ccc(-c3ccc([N+](=O)[O-])cc3OC)o2)cc1. The molecule has 3 heterocycles. The van der Waals surface area contributed by atoms with Crippen molar-refractivity contribution in [1.82, 2.24) is 10.3 Å². The molecule has 1 fully saturated rings. The van der Waals surface area contributed by atoms with Crippen molar-refractivity contribution in [3.8, 4) is 22.8 Å². The highest BCUT2D eigenvalue weighted by Crippen LogP contribution is 2.44. The van der Waals surface area contributed by atoms with Crippen LogP contribution in [0.1, 0.15) is 23.5 Å². The van der Waals surface area contributed by atoms with E-state index in [1.807, 2.05) is 59.5 Å². The fraction of sp³-hybridized carbons (Fsp3) is 0.154. The molecule has 0 amide bonds. The maximum absolute atomic E-state index is 11.2. The number of pyridine rings is 1. The molecule has 1 saturated heterocycles. The minimum atomic E-state index is -0.463. The molecule has 2 aromatic carbocycles. The van der Waals surface area contributed by atoms with Crippen LogP contribution in [0, 0.1) is 10.1 Å². The molecular weight excluding hydrogens is 480 g/mol. The average Bonchev–Trinajstić information content (AvgIpc) is 3.53. The van der Waals surface area contributed by atoms with E-state index in [-0.39, 0.29) is 17.8 Å². The van der Waals surface area contributed by atoms with Gasteiger partial charge in [-0.2, -0.15) is 0 Å². The predicted molar refractivity (Wildman–Crippen MR) is 138 cm³/mol. The zero-order chi connectivity index (χ0) is 25.2. The number of ether oxygens (including phenoxy) is 2. The third kappa shape index (κ3) is 4.22. The number of furan rings is 1. The van der Waals surface area contributed by atoms with Crippen molar-refractivity contribution in [2.75, 3.05) is 19.1 Å². The number of aromatic nitrogens is 1. The Kier molecular flexibility index (Phi) is 6.26.